The van der Waals surface area contributed by atoms with E-state index in [2.05, 4.69) is 24.7 Å². The summed E-state index contributed by atoms with van der Waals surface area (Å²) in [5.74, 6) is 1.08. The smallest absolute Gasteiger partial charge is 0.311 e. The maximum atomic E-state index is 12.6. The second-order valence-electron chi connectivity index (χ2n) is 8.28. The lowest BCUT2D eigenvalue weighted by atomic mass is 9.96. The lowest BCUT2D eigenvalue weighted by Crippen LogP contribution is -2.12. The van der Waals surface area contributed by atoms with Gasteiger partial charge in [0.25, 0.3) is 0 Å². The third kappa shape index (κ3) is 8.56. The highest BCUT2D eigenvalue weighted by Gasteiger charge is 2.23. The van der Waals surface area contributed by atoms with Gasteiger partial charge in [-0.15, -0.1) is 0 Å². The van der Waals surface area contributed by atoms with Crippen LogP contribution >= 0.6 is 0 Å². The normalized spacial score (nSPS) is 10.5. The Morgan fingerprint density at radius 2 is 1.22 bits per heavy atom. The fraction of sp³-hybridized carbons (Fsp3) is 0.615. The van der Waals surface area contributed by atoms with E-state index in [1.165, 1.54) is 12.7 Å². The van der Waals surface area contributed by atoms with Crippen LogP contribution in [0.3, 0.4) is 0 Å². The third-order valence-electron chi connectivity index (χ3n) is 5.58. The summed E-state index contributed by atoms with van der Waals surface area (Å²) in [4.78, 5) is 23.7. The molecule has 0 aliphatic rings. The van der Waals surface area contributed by atoms with Crippen LogP contribution in [0, 0.1) is 13.8 Å². The number of allylic oxidation sites excluding steroid dienone is 2. The average Bonchev–Trinajstić information content (AvgIpc) is 2.76. The number of hydrogen-bond acceptors (Lipinski definition) is 6. The number of hydrogen-bond donors (Lipinski definition) is 0. The van der Waals surface area contributed by atoms with Crippen LogP contribution in [-0.2, 0) is 20.7 Å². The summed E-state index contributed by atoms with van der Waals surface area (Å²) in [6, 6.07) is 0. The fourth-order valence-electron chi connectivity index (χ4n) is 3.68. The maximum absolute atomic E-state index is 12.6. The van der Waals surface area contributed by atoms with Crippen molar-refractivity contribution in [3.8, 4) is 17.2 Å². The Balaban J connectivity index is 2.71. The highest BCUT2D eigenvalue weighted by atomic mass is 16.6. The van der Waals surface area contributed by atoms with Gasteiger partial charge in [0.05, 0.1) is 21.3 Å². The summed E-state index contributed by atoms with van der Waals surface area (Å²) >= 11 is 0. The topological polar surface area (TPSA) is 71.1 Å². The lowest BCUT2D eigenvalue weighted by molar-refractivity contribution is -0.140. The third-order valence-corrected chi connectivity index (χ3v) is 5.58. The second kappa shape index (κ2) is 14.5. The van der Waals surface area contributed by atoms with Gasteiger partial charge in [-0.1, -0.05) is 37.3 Å². The molecule has 180 valence electrons. The fourth-order valence-corrected chi connectivity index (χ4v) is 3.68. The molecule has 0 heterocycles. The van der Waals surface area contributed by atoms with Gasteiger partial charge in [-0.3, -0.25) is 9.59 Å². The van der Waals surface area contributed by atoms with E-state index in [0.717, 1.165) is 61.6 Å². The first-order valence-electron chi connectivity index (χ1n) is 11.4. The monoisotopic (exact) mass is 448 g/mol. The number of carbonyl (C=O) groups excluding carboxylic acids is 2. The van der Waals surface area contributed by atoms with Crippen LogP contribution < -0.4 is 14.2 Å². The molecule has 1 aromatic carbocycles. The molecule has 0 saturated heterocycles. The Hall–Kier alpha value is -2.50. The van der Waals surface area contributed by atoms with E-state index in [4.69, 9.17) is 14.2 Å². The molecule has 0 atom stereocenters. The van der Waals surface area contributed by atoms with Gasteiger partial charge in [0.2, 0.25) is 5.75 Å². The van der Waals surface area contributed by atoms with E-state index in [1.54, 1.807) is 14.2 Å². The Bertz CT molecular complexity index is 790. The molecule has 6 nitrogen and oxygen atoms in total. The zero-order chi connectivity index (χ0) is 24.1. The van der Waals surface area contributed by atoms with Crippen LogP contribution in [0.4, 0.5) is 0 Å². The Kier molecular flexibility index (Phi) is 12.5. The molecule has 0 fully saturated rings. The number of unbranched alkanes of at least 4 members (excludes halogenated alkanes) is 5. The highest BCUT2D eigenvalue weighted by Crippen LogP contribution is 2.45. The number of benzene rings is 1. The molecule has 0 bridgehead atoms. The molecular formula is C26H40O6. The predicted octanol–water partition coefficient (Wildman–Crippen LogP) is 6.03. The van der Waals surface area contributed by atoms with Crippen molar-refractivity contribution < 1.29 is 28.5 Å². The lowest BCUT2D eigenvalue weighted by Gasteiger charge is -2.21. The van der Waals surface area contributed by atoms with E-state index < -0.39 is 0 Å². The SMILES string of the molecule is COC(=O)CCCCCCCCC(=O)Oc1c(C)c(CC=C(C)C)c(C)c(OC)c1OC. The molecule has 0 saturated carbocycles. The summed E-state index contributed by atoms with van der Waals surface area (Å²) in [6.07, 6.45) is 9.34. The standard InChI is InChI=1S/C26H40O6/c1-18(2)16-17-21-19(3)24(30-6)26(31-7)25(20(21)4)32-23(28)15-13-11-9-8-10-12-14-22(27)29-5/h16H,8-15,17H2,1-7H3. The Morgan fingerprint density at radius 1 is 0.719 bits per heavy atom. The number of methoxy groups -OCH3 is 3. The summed E-state index contributed by atoms with van der Waals surface area (Å²) in [6.45, 7) is 8.08. The summed E-state index contributed by atoms with van der Waals surface area (Å²) in [5, 5.41) is 0. The van der Waals surface area contributed by atoms with Gasteiger partial charge in [0.15, 0.2) is 11.5 Å². The minimum Gasteiger partial charge on any atom is -0.492 e. The van der Waals surface area contributed by atoms with Crippen molar-refractivity contribution in [2.24, 2.45) is 0 Å². The maximum Gasteiger partial charge on any atom is 0.311 e. The summed E-state index contributed by atoms with van der Waals surface area (Å²) in [7, 11) is 4.57. The summed E-state index contributed by atoms with van der Waals surface area (Å²) < 4.78 is 21.6. The Labute approximate surface area is 193 Å². The quantitative estimate of drug-likeness (QED) is 0.150. The van der Waals surface area contributed by atoms with E-state index in [0.29, 0.717) is 30.1 Å². The van der Waals surface area contributed by atoms with E-state index in [-0.39, 0.29) is 11.9 Å². The van der Waals surface area contributed by atoms with Gasteiger partial charge in [-0.05, 0) is 63.6 Å². The number of esters is 2. The van der Waals surface area contributed by atoms with Gasteiger partial charge in [0, 0.05) is 12.8 Å². The molecular weight excluding hydrogens is 408 g/mol. The average molecular weight is 449 g/mol. The van der Waals surface area contributed by atoms with Gasteiger partial charge < -0.3 is 18.9 Å². The molecule has 0 aliphatic carbocycles. The molecule has 1 aromatic rings. The second-order valence-corrected chi connectivity index (χ2v) is 8.28. The van der Waals surface area contributed by atoms with Crippen LogP contribution in [0.2, 0.25) is 0 Å². The predicted molar refractivity (Wildman–Crippen MR) is 127 cm³/mol. The van der Waals surface area contributed by atoms with Crippen LogP contribution in [0.1, 0.15) is 81.9 Å². The van der Waals surface area contributed by atoms with Crippen molar-refractivity contribution in [3.63, 3.8) is 0 Å². The zero-order valence-corrected chi connectivity index (χ0v) is 20.9. The van der Waals surface area contributed by atoms with Crippen molar-refractivity contribution in [3.05, 3.63) is 28.3 Å². The minimum absolute atomic E-state index is 0.157. The molecule has 0 N–H and O–H groups in total. The Morgan fingerprint density at radius 3 is 1.72 bits per heavy atom. The van der Waals surface area contributed by atoms with Crippen molar-refractivity contribution in [2.45, 2.75) is 85.5 Å². The van der Waals surface area contributed by atoms with E-state index in [1.807, 2.05) is 13.8 Å². The molecule has 0 aromatic heterocycles. The first kappa shape index (κ1) is 27.5. The van der Waals surface area contributed by atoms with Crippen LogP contribution in [0.5, 0.6) is 17.2 Å². The van der Waals surface area contributed by atoms with E-state index >= 15 is 0 Å². The molecule has 6 heteroatoms. The number of rotatable bonds is 14. The van der Waals surface area contributed by atoms with Crippen molar-refractivity contribution >= 4 is 11.9 Å². The van der Waals surface area contributed by atoms with E-state index in [9.17, 15) is 9.59 Å². The minimum atomic E-state index is -0.267. The highest BCUT2D eigenvalue weighted by molar-refractivity contribution is 5.76. The molecule has 0 radical (unpaired) electrons. The van der Waals surface area contributed by atoms with Gasteiger partial charge in [-0.25, -0.2) is 0 Å². The van der Waals surface area contributed by atoms with Crippen molar-refractivity contribution in [2.75, 3.05) is 21.3 Å². The molecule has 0 spiro atoms. The van der Waals surface area contributed by atoms with Crippen LogP contribution in [0.25, 0.3) is 0 Å². The largest absolute Gasteiger partial charge is 0.492 e. The number of ether oxygens (including phenoxy) is 4. The first-order chi connectivity index (χ1) is 15.3. The first-order valence-corrected chi connectivity index (χ1v) is 11.4. The van der Waals surface area contributed by atoms with Crippen LogP contribution in [0.15, 0.2) is 11.6 Å². The van der Waals surface area contributed by atoms with Gasteiger partial charge in [-0.2, -0.15) is 0 Å². The zero-order valence-electron chi connectivity index (χ0n) is 20.9. The molecule has 0 aliphatic heterocycles. The molecule has 0 amide bonds. The van der Waals surface area contributed by atoms with Crippen molar-refractivity contribution in [1.82, 2.24) is 0 Å². The van der Waals surface area contributed by atoms with Crippen molar-refractivity contribution in [1.29, 1.82) is 0 Å². The van der Waals surface area contributed by atoms with Gasteiger partial charge in [0.1, 0.15) is 0 Å². The number of carbonyl (C=O) groups is 2. The van der Waals surface area contributed by atoms with Gasteiger partial charge >= 0.3 is 11.9 Å². The summed E-state index contributed by atoms with van der Waals surface area (Å²) in [5.41, 5.74) is 4.20. The molecule has 0 unspecified atom stereocenters. The van der Waals surface area contributed by atoms with Crippen LogP contribution in [-0.4, -0.2) is 33.3 Å². The molecule has 32 heavy (non-hydrogen) atoms. The molecule has 1 rings (SSSR count).